The monoisotopic (exact) mass is 405 g/mol. The number of aryl methyl sites for hydroxylation is 1. The summed E-state index contributed by atoms with van der Waals surface area (Å²) in [6.45, 7) is 1.96. The maximum Gasteiger partial charge on any atom is 0.248 e. The van der Waals surface area contributed by atoms with Crippen molar-refractivity contribution in [3.63, 3.8) is 0 Å². The Morgan fingerprint density at radius 3 is 2.82 bits per heavy atom. The number of halogens is 1. The van der Waals surface area contributed by atoms with Gasteiger partial charge in [-0.15, -0.1) is 0 Å². The molecule has 0 radical (unpaired) electrons. The van der Waals surface area contributed by atoms with Gasteiger partial charge in [-0.1, -0.05) is 53.3 Å². The van der Waals surface area contributed by atoms with Crippen LogP contribution in [0.15, 0.2) is 66.9 Å². The Hall–Kier alpha value is -3.02. The van der Waals surface area contributed by atoms with Crippen molar-refractivity contribution in [3.05, 3.63) is 83.0 Å². The van der Waals surface area contributed by atoms with Crippen LogP contribution in [0.3, 0.4) is 0 Å². The fraction of sp³-hybridized carbons (Fsp3) is 0.0455. The summed E-state index contributed by atoms with van der Waals surface area (Å²) in [7, 11) is 0. The molecule has 2 aromatic carbocycles. The molecule has 0 unspecified atom stereocenters. The second kappa shape index (κ2) is 7.92. The molecule has 0 spiro atoms. The molecule has 0 saturated carbocycles. The summed E-state index contributed by atoms with van der Waals surface area (Å²) < 4.78 is 0. The fourth-order valence-corrected chi connectivity index (χ4v) is 3.84. The minimum atomic E-state index is -0.217. The van der Waals surface area contributed by atoms with Gasteiger partial charge in [-0.25, -0.2) is 9.97 Å². The normalized spacial score (nSPS) is 11.2. The van der Waals surface area contributed by atoms with Crippen molar-refractivity contribution < 1.29 is 4.79 Å². The highest BCUT2D eigenvalue weighted by Gasteiger charge is 2.10. The Labute approximate surface area is 171 Å². The van der Waals surface area contributed by atoms with E-state index in [0.717, 1.165) is 37.7 Å². The summed E-state index contributed by atoms with van der Waals surface area (Å²) in [4.78, 5) is 22.2. The third-order valence-electron chi connectivity index (χ3n) is 4.23. The van der Waals surface area contributed by atoms with Gasteiger partial charge in [-0.3, -0.25) is 4.79 Å². The van der Waals surface area contributed by atoms with Crippen LogP contribution in [0.5, 0.6) is 0 Å². The van der Waals surface area contributed by atoms with Crippen molar-refractivity contribution >= 4 is 51.0 Å². The molecule has 138 valence electrons. The van der Waals surface area contributed by atoms with E-state index in [4.69, 9.17) is 11.6 Å². The molecule has 4 rings (SSSR count). The van der Waals surface area contributed by atoms with E-state index in [1.165, 1.54) is 17.4 Å². The van der Waals surface area contributed by atoms with Crippen molar-refractivity contribution in [1.82, 2.24) is 9.97 Å². The van der Waals surface area contributed by atoms with Gasteiger partial charge in [0, 0.05) is 28.5 Å². The number of nitrogens with zero attached hydrogens (tertiary/aromatic N) is 2. The number of anilines is 1. The third-order valence-corrected chi connectivity index (χ3v) is 5.60. The maximum atomic E-state index is 12.4. The van der Waals surface area contributed by atoms with Crippen LogP contribution >= 0.6 is 22.9 Å². The lowest BCUT2D eigenvalue weighted by Gasteiger charge is -2.08. The van der Waals surface area contributed by atoms with E-state index in [-0.39, 0.29) is 5.91 Å². The highest BCUT2D eigenvalue weighted by Crippen LogP contribution is 2.31. The number of aromatic nitrogens is 2. The molecule has 0 aliphatic rings. The standard InChI is InChI=1S/C22H16ClN3OS/c1-14-8-9-16(21-26-18-7-4-12-24-22(18)28-21)13-19(14)25-20(27)11-10-15-5-2-3-6-17(15)23/h2-13H,1H3,(H,25,27)/b11-10+. The fourth-order valence-electron chi connectivity index (χ4n) is 2.73. The van der Waals surface area contributed by atoms with E-state index >= 15 is 0 Å². The molecule has 4 aromatic rings. The highest BCUT2D eigenvalue weighted by molar-refractivity contribution is 7.21. The summed E-state index contributed by atoms with van der Waals surface area (Å²) >= 11 is 7.65. The van der Waals surface area contributed by atoms with Crippen molar-refractivity contribution in [3.8, 4) is 10.6 Å². The lowest BCUT2D eigenvalue weighted by atomic mass is 10.1. The molecule has 6 heteroatoms. The molecule has 0 aliphatic heterocycles. The molecule has 2 heterocycles. The van der Waals surface area contributed by atoms with E-state index in [0.29, 0.717) is 5.02 Å². The van der Waals surface area contributed by atoms with E-state index in [1.807, 2.05) is 55.5 Å². The number of hydrogen-bond donors (Lipinski definition) is 1. The molecule has 0 saturated heterocycles. The van der Waals surface area contributed by atoms with Crippen LogP contribution in [0.2, 0.25) is 5.02 Å². The third kappa shape index (κ3) is 3.96. The Balaban J connectivity index is 1.57. The second-order valence-electron chi connectivity index (χ2n) is 6.22. The van der Waals surface area contributed by atoms with Crippen LogP contribution < -0.4 is 5.32 Å². The molecule has 0 fully saturated rings. The van der Waals surface area contributed by atoms with Gasteiger partial charge < -0.3 is 5.32 Å². The number of benzene rings is 2. The van der Waals surface area contributed by atoms with E-state index in [1.54, 1.807) is 18.3 Å². The molecule has 0 aliphatic carbocycles. The first-order valence-electron chi connectivity index (χ1n) is 8.66. The summed E-state index contributed by atoms with van der Waals surface area (Å²) in [5.41, 5.74) is 4.34. The zero-order chi connectivity index (χ0) is 19.5. The molecule has 28 heavy (non-hydrogen) atoms. The first-order valence-corrected chi connectivity index (χ1v) is 9.86. The summed E-state index contributed by atoms with van der Waals surface area (Å²) in [5, 5.41) is 4.41. The zero-order valence-electron chi connectivity index (χ0n) is 15.0. The van der Waals surface area contributed by atoms with E-state index < -0.39 is 0 Å². The van der Waals surface area contributed by atoms with Crippen LogP contribution in [-0.4, -0.2) is 15.9 Å². The lowest BCUT2D eigenvalue weighted by molar-refractivity contribution is -0.111. The Morgan fingerprint density at radius 1 is 1.14 bits per heavy atom. The SMILES string of the molecule is Cc1ccc(-c2nc3cccnc3s2)cc1NC(=O)/C=C/c1ccccc1Cl. The maximum absolute atomic E-state index is 12.4. The second-order valence-corrected chi connectivity index (χ2v) is 7.61. The van der Waals surface area contributed by atoms with Gasteiger partial charge in [0.1, 0.15) is 15.4 Å². The van der Waals surface area contributed by atoms with Crippen molar-refractivity contribution in [2.24, 2.45) is 0 Å². The van der Waals surface area contributed by atoms with Gasteiger partial charge in [-0.2, -0.15) is 0 Å². The van der Waals surface area contributed by atoms with Gasteiger partial charge in [-0.05, 0) is 48.4 Å². The van der Waals surface area contributed by atoms with Crippen LogP contribution in [0.25, 0.3) is 27.0 Å². The van der Waals surface area contributed by atoms with Crippen LogP contribution in [0.1, 0.15) is 11.1 Å². The van der Waals surface area contributed by atoms with E-state index in [9.17, 15) is 4.79 Å². The zero-order valence-corrected chi connectivity index (χ0v) is 16.6. The first-order chi connectivity index (χ1) is 13.6. The largest absolute Gasteiger partial charge is 0.322 e. The van der Waals surface area contributed by atoms with Gasteiger partial charge in [0.2, 0.25) is 5.91 Å². The number of carbonyl (C=O) groups is 1. The van der Waals surface area contributed by atoms with Crippen molar-refractivity contribution in [2.75, 3.05) is 5.32 Å². The van der Waals surface area contributed by atoms with E-state index in [2.05, 4.69) is 15.3 Å². The summed E-state index contributed by atoms with van der Waals surface area (Å²) in [5.74, 6) is -0.217. The van der Waals surface area contributed by atoms with Gasteiger partial charge in [0.25, 0.3) is 0 Å². The van der Waals surface area contributed by atoms with Crippen LogP contribution in [-0.2, 0) is 4.79 Å². The van der Waals surface area contributed by atoms with Crippen molar-refractivity contribution in [2.45, 2.75) is 6.92 Å². The number of thiazole rings is 1. The molecule has 0 bridgehead atoms. The number of pyridine rings is 1. The minimum Gasteiger partial charge on any atom is -0.322 e. The van der Waals surface area contributed by atoms with Gasteiger partial charge >= 0.3 is 0 Å². The minimum absolute atomic E-state index is 0.217. The molecule has 2 aromatic heterocycles. The topological polar surface area (TPSA) is 54.9 Å². The highest BCUT2D eigenvalue weighted by atomic mass is 35.5. The number of amides is 1. The lowest BCUT2D eigenvalue weighted by Crippen LogP contribution is -2.09. The molecule has 4 nitrogen and oxygen atoms in total. The summed E-state index contributed by atoms with van der Waals surface area (Å²) in [6.07, 6.45) is 4.95. The molecule has 1 amide bonds. The quantitative estimate of drug-likeness (QED) is 0.425. The Kier molecular flexibility index (Phi) is 5.19. The van der Waals surface area contributed by atoms with Crippen molar-refractivity contribution in [1.29, 1.82) is 0 Å². The number of rotatable bonds is 4. The smallest absolute Gasteiger partial charge is 0.248 e. The average molecular weight is 406 g/mol. The van der Waals surface area contributed by atoms with Gasteiger partial charge in [0.05, 0.1) is 0 Å². The number of fused-ring (bicyclic) bond motifs is 1. The predicted molar refractivity (Wildman–Crippen MR) is 117 cm³/mol. The average Bonchev–Trinajstić information content (AvgIpc) is 3.13. The molecule has 1 N–H and O–H groups in total. The molecular formula is C22H16ClN3OS. The Morgan fingerprint density at radius 2 is 2.00 bits per heavy atom. The number of nitrogens with one attached hydrogen (secondary N) is 1. The summed E-state index contributed by atoms with van der Waals surface area (Å²) in [6, 6.07) is 17.1. The van der Waals surface area contributed by atoms with Crippen LogP contribution in [0.4, 0.5) is 5.69 Å². The predicted octanol–water partition coefficient (Wildman–Crippen LogP) is 5.97. The number of carbonyl (C=O) groups excluding carboxylic acids is 1. The van der Waals surface area contributed by atoms with Crippen LogP contribution in [0, 0.1) is 6.92 Å². The van der Waals surface area contributed by atoms with Gasteiger partial charge in [0.15, 0.2) is 0 Å². The molecule has 0 atom stereocenters. The Bertz CT molecular complexity index is 1170. The molecular weight excluding hydrogens is 390 g/mol. The first kappa shape index (κ1) is 18.3. The number of hydrogen-bond acceptors (Lipinski definition) is 4.